The number of carbonyl (C=O) groups excluding carboxylic acids is 4. The first-order valence-electron chi connectivity index (χ1n) is 8.23. The zero-order valence-electron chi connectivity index (χ0n) is 15.0. The molecule has 1 aromatic heterocycles. The number of furan rings is 1. The van der Waals surface area contributed by atoms with Gasteiger partial charge in [0.1, 0.15) is 5.76 Å². The lowest BCUT2D eigenvalue weighted by Crippen LogP contribution is -2.49. The molecule has 4 amide bonds. The van der Waals surface area contributed by atoms with Gasteiger partial charge in [-0.15, -0.1) is 0 Å². The van der Waals surface area contributed by atoms with E-state index in [0.29, 0.717) is 5.76 Å². The highest BCUT2D eigenvalue weighted by atomic mass is 16.5. The molecule has 0 bridgehead atoms. The molecular weight excluding hydrogens is 342 g/mol. The molecule has 2 N–H and O–H groups in total. The summed E-state index contributed by atoms with van der Waals surface area (Å²) in [5.74, 6) is -1.59. The molecular formula is C17H23N3O6. The van der Waals surface area contributed by atoms with Crippen molar-refractivity contribution in [1.29, 1.82) is 0 Å². The standard InChI is InChI=1S/C17H23N3O6/c1-17(2,3)19-16(24)18-13(21)10-26-15(23)11-7-14(22)20(8-11)9-12-5-4-6-25-12/h4-6,11H,7-10H2,1-3H3,(H2,18,19,21,24)/t11-/m1/s1. The lowest BCUT2D eigenvalue weighted by Gasteiger charge is -2.20. The van der Waals surface area contributed by atoms with Crippen LogP contribution in [-0.2, 0) is 25.7 Å². The van der Waals surface area contributed by atoms with Crippen LogP contribution in [0.5, 0.6) is 0 Å². The van der Waals surface area contributed by atoms with Crippen molar-refractivity contribution in [3.05, 3.63) is 24.2 Å². The Morgan fingerprint density at radius 3 is 2.69 bits per heavy atom. The molecule has 0 aromatic carbocycles. The van der Waals surface area contributed by atoms with Gasteiger partial charge in [0, 0.05) is 18.5 Å². The van der Waals surface area contributed by atoms with Crippen molar-refractivity contribution in [3.63, 3.8) is 0 Å². The summed E-state index contributed by atoms with van der Waals surface area (Å²) in [5.41, 5.74) is -0.497. The minimum absolute atomic E-state index is 0.0195. The summed E-state index contributed by atoms with van der Waals surface area (Å²) >= 11 is 0. The Morgan fingerprint density at radius 1 is 1.35 bits per heavy atom. The number of amides is 4. The van der Waals surface area contributed by atoms with Gasteiger partial charge in [0.05, 0.1) is 18.7 Å². The van der Waals surface area contributed by atoms with Crippen molar-refractivity contribution < 1.29 is 28.3 Å². The van der Waals surface area contributed by atoms with Crippen LogP contribution in [-0.4, -0.2) is 47.4 Å². The number of likely N-dealkylation sites (tertiary alicyclic amines) is 1. The van der Waals surface area contributed by atoms with Crippen molar-refractivity contribution in [2.75, 3.05) is 13.2 Å². The Hall–Kier alpha value is -2.84. The predicted molar refractivity (Wildman–Crippen MR) is 89.6 cm³/mol. The van der Waals surface area contributed by atoms with E-state index in [-0.39, 0.29) is 25.4 Å². The first kappa shape index (κ1) is 19.5. The molecule has 0 spiro atoms. The third-order valence-corrected chi connectivity index (χ3v) is 3.56. The average Bonchev–Trinajstić information content (AvgIpc) is 3.14. The quantitative estimate of drug-likeness (QED) is 0.745. The number of ether oxygens (including phenoxy) is 1. The van der Waals surface area contributed by atoms with E-state index >= 15 is 0 Å². The Kier molecular flexibility index (Phi) is 6.01. The van der Waals surface area contributed by atoms with Crippen molar-refractivity contribution >= 4 is 23.8 Å². The lowest BCUT2D eigenvalue weighted by molar-refractivity contribution is -0.152. The highest BCUT2D eigenvalue weighted by molar-refractivity contribution is 5.96. The normalized spacial score (nSPS) is 17.1. The number of urea groups is 1. The summed E-state index contributed by atoms with van der Waals surface area (Å²) in [6.07, 6.45) is 1.53. The average molecular weight is 365 g/mol. The van der Waals surface area contributed by atoms with E-state index in [1.807, 2.05) is 0 Å². The van der Waals surface area contributed by atoms with Crippen LogP contribution in [0.2, 0.25) is 0 Å². The van der Waals surface area contributed by atoms with Gasteiger partial charge in [-0.25, -0.2) is 4.79 Å². The molecule has 9 nitrogen and oxygen atoms in total. The molecule has 1 fully saturated rings. The van der Waals surface area contributed by atoms with Crippen molar-refractivity contribution in [3.8, 4) is 0 Å². The SMILES string of the molecule is CC(C)(C)NC(=O)NC(=O)COC(=O)[C@@H]1CC(=O)N(Cc2ccco2)C1. The minimum Gasteiger partial charge on any atom is -0.467 e. The van der Waals surface area contributed by atoms with Gasteiger partial charge in [-0.3, -0.25) is 19.7 Å². The number of nitrogens with zero attached hydrogens (tertiary/aromatic N) is 1. The van der Waals surface area contributed by atoms with Crippen LogP contribution >= 0.6 is 0 Å². The molecule has 0 radical (unpaired) electrons. The number of nitrogens with one attached hydrogen (secondary N) is 2. The fourth-order valence-electron chi connectivity index (χ4n) is 2.46. The first-order chi connectivity index (χ1) is 12.1. The van der Waals surface area contributed by atoms with E-state index in [1.165, 1.54) is 11.2 Å². The zero-order chi connectivity index (χ0) is 19.3. The first-order valence-corrected chi connectivity index (χ1v) is 8.23. The largest absolute Gasteiger partial charge is 0.467 e. The van der Waals surface area contributed by atoms with Crippen molar-refractivity contribution in [2.24, 2.45) is 5.92 Å². The zero-order valence-corrected chi connectivity index (χ0v) is 15.0. The van der Waals surface area contributed by atoms with E-state index in [4.69, 9.17) is 9.15 Å². The maximum atomic E-state index is 12.1. The van der Waals surface area contributed by atoms with E-state index in [1.54, 1.807) is 32.9 Å². The summed E-state index contributed by atoms with van der Waals surface area (Å²) in [4.78, 5) is 48.8. The molecule has 1 aliphatic rings. The molecule has 9 heteroatoms. The second kappa shape index (κ2) is 8.03. The molecule has 1 aliphatic heterocycles. The van der Waals surface area contributed by atoms with Gasteiger partial charge in [0.25, 0.3) is 5.91 Å². The maximum absolute atomic E-state index is 12.1. The molecule has 26 heavy (non-hydrogen) atoms. The number of imide groups is 1. The van der Waals surface area contributed by atoms with Gasteiger partial charge in [-0.1, -0.05) is 0 Å². The van der Waals surface area contributed by atoms with Crippen LogP contribution in [0.15, 0.2) is 22.8 Å². The molecule has 142 valence electrons. The number of hydrogen-bond donors (Lipinski definition) is 2. The Morgan fingerprint density at radius 2 is 2.08 bits per heavy atom. The minimum atomic E-state index is -0.739. The number of esters is 1. The van der Waals surface area contributed by atoms with Gasteiger partial charge in [0.2, 0.25) is 5.91 Å². The van der Waals surface area contributed by atoms with Crippen LogP contribution in [0.1, 0.15) is 33.0 Å². The second-order valence-corrected chi connectivity index (χ2v) is 7.11. The molecule has 2 heterocycles. The summed E-state index contributed by atoms with van der Waals surface area (Å²) in [7, 11) is 0. The molecule has 1 atom stereocenters. The molecule has 0 unspecified atom stereocenters. The lowest BCUT2D eigenvalue weighted by atomic mass is 10.1. The third kappa shape index (κ3) is 5.91. The Bertz CT molecular complexity index is 677. The second-order valence-electron chi connectivity index (χ2n) is 7.11. The van der Waals surface area contributed by atoms with Crippen LogP contribution < -0.4 is 10.6 Å². The van der Waals surface area contributed by atoms with Crippen LogP contribution in [0.3, 0.4) is 0 Å². The van der Waals surface area contributed by atoms with E-state index in [0.717, 1.165) is 0 Å². The predicted octanol–water partition coefficient (Wildman–Crippen LogP) is 0.796. The van der Waals surface area contributed by atoms with Crippen molar-refractivity contribution in [1.82, 2.24) is 15.5 Å². The molecule has 1 saturated heterocycles. The monoisotopic (exact) mass is 365 g/mol. The van der Waals surface area contributed by atoms with E-state index in [2.05, 4.69) is 10.6 Å². The number of rotatable bonds is 5. The Labute approximate surface area is 151 Å². The fraction of sp³-hybridized carbons (Fsp3) is 0.529. The highest BCUT2D eigenvalue weighted by Crippen LogP contribution is 2.21. The fourth-order valence-corrected chi connectivity index (χ4v) is 2.46. The van der Waals surface area contributed by atoms with Gasteiger partial charge < -0.3 is 19.4 Å². The van der Waals surface area contributed by atoms with Crippen LogP contribution in [0, 0.1) is 5.92 Å². The molecule has 2 rings (SSSR count). The van der Waals surface area contributed by atoms with Gasteiger partial charge >= 0.3 is 12.0 Å². The van der Waals surface area contributed by atoms with Gasteiger partial charge in [-0.2, -0.15) is 0 Å². The van der Waals surface area contributed by atoms with Crippen molar-refractivity contribution in [2.45, 2.75) is 39.3 Å². The Balaban J connectivity index is 1.75. The highest BCUT2D eigenvalue weighted by Gasteiger charge is 2.36. The number of hydrogen-bond acceptors (Lipinski definition) is 6. The summed E-state index contributed by atoms with van der Waals surface area (Å²) in [6.45, 7) is 5.20. The van der Waals surface area contributed by atoms with E-state index in [9.17, 15) is 19.2 Å². The third-order valence-electron chi connectivity index (χ3n) is 3.56. The summed E-state index contributed by atoms with van der Waals surface area (Å²) in [5, 5.41) is 4.63. The summed E-state index contributed by atoms with van der Waals surface area (Å²) in [6, 6.07) is 2.79. The van der Waals surface area contributed by atoms with Crippen LogP contribution in [0.25, 0.3) is 0 Å². The maximum Gasteiger partial charge on any atom is 0.321 e. The molecule has 0 saturated carbocycles. The number of carbonyl (C=O) groups is 4. The van der Waals surface area contributed by atoms with Crippen LogP contribution in [0.4, 0.5) is 4.79 Å². The van der Waals surface area contributed by atoms with Gasteiger partial charge in [0.15, 0.2) is 6.61 Å². The smallest absolute Gasteiger partial charge is 0.321 e. The topological polar surface area (TPSA) is 118 Å². The molecule has 0 aliphatic carbocycles. The van der Waals surface area contributed by atoms with E-state index < -0.39 is 36.0 Å². The summed E-state index contributed by atoms with van der Waals surface area (Å²) < 4.78 is 10.1. The van der Waals surface area contributed by atoms with Gasteiger partial charge in [-0.05, 0) is 32.9 Å². The molecule has 1 aromatic rings.